The number of H-pyrrole nitrogens is 1. The summed E-state index contributed by atoms with van der Waals surface area (Å²) >= 11 is 0. The molecule has 11 nitrogen and oxygen atoms in total. The second-order valence-corrected chi connectivity index (χ2v) is 8.45. The molecule has 1 aromatic heterocycles. The van der Waals surface area contributed by atoms with Crippen LogP contribution in [-0.2, 0) is 25.6 Å². The van der Waals surface area contributed by atoms with Crippen molar-refractivity contribution in [3.63, 3.8) is 0 Å². The summed E-state index contributed by atoms with van der Waals surface area (Å²) < 4.78 is 11.4. The number of carbonyl (C=O) groups excluding carboxylic acids is 2. The molecule has 32 heavy (non-hydrogen) atoms. The SMILES string of the molecule is CCOC(=O)CN(CC(=O)N(CCOC)c1c(N)n(CC(C)C)c(=O)[nH]c1=O)CC1CC1. The molecule has 3 N–H and O–H groups in total. The van der Waals surface area contributed by atoms with Gasteiger partial charge in [-0.15, -0.1) is 0 Å². The van der Waals surface area contributed by atoms with E-state index < -0.39 is 23.1 Å². The van der Waals surface area contributed by atoms with Gasteiger partial charge in [0.2, 0.25) is 5.91 Å². The number of rotatable bonds is 13. The highest BCUT2D eigenvalue weighted by Crippen LogP contribution is 2.29. The van der Waals surface area contributed by atoms with E-state index in [4.69, 9.17) is 15.2 Å². The van der Waals surface area contributed by atoms with Crippen LogP contribution in [0.3, 0.4) is 0 Å². The lowest BCUT2D eigenvalue weighted by atomic mass is 10.2. The number of hydrogen-bond donors (Lipinski definition) is 2. The molecule has 0 atom stereocenters. The van der Waals surface area contributed by atoms with Gasteiger partial charge in [0.05, 0.1) is 26.3 Å². The topological polar surface area (TPSA) is 140 Å². The number of aromatic nitrogens is 2. The zero-order valence-electron chi connectivity index (χ0n) is 19.4. The van der Waals surface area contributed by atoms with Crippen molar-refractivity contribution in [1.82, 2.24) is 14.5 Å². The van der Waals surface area contributed by atoms with Crippen molar-refractivity contribution in [3.8, 4) is 0 Å². The molecule has 0 radical (unpaired) electrons. The Morgan fingerprint density at radius 1 is 1.25 bits per heavy atom. The highest BCUT2D eigenvalue weighted by atomic mass is 16.5. The molecule has 2 rings (SSSR count). The van der Waals surface area contributed by atoms with Crippen LogP contribution in [0.1, 0.15) is 33.6 Å². The fraction of sp³-hybridized carbons (Fsp3) is 0.714. The summed E-state index contributed by atoms with van der Waals surface area (Å²) in [6.45, 7) is 6.79. The van der Waals surface area contributed by atoms with E-state index in [1.807, 2.05) is 13.8 Å². The van der Waals surface area contributed by atoms with Gasteiger partial charge in [0.15, 0.2) is 5.69 Å². The van der Waals surface area contributed by atoms with Crippen LogP contribution in [0.25, 0.3) is 0 Å². The second-order valence-electron chi connectivity index (χ2n) is 8.45. The molecule has 1 aliphatic rings. The molecule has 0 saturated heterocycles. The predicted octanol–water partition coefficient (Wildman–Crippen LogP) is 0.0293. The Balaban J connectivity index is 2.35. The maximum Gasteiger partial charge on any atom is 0.330 e. The molecule has 0 spiro atoms. The Labute approximate surface area is 187 Å². The molecular formula is C21H35N5O6. The van der Waals surface area contributed by atoms with Crippen LogP contribution in [0.15, 0.2) is 9.59 Å². The maximum atomic E-state index is 13.3. The number of anilines is 2. The van der Waals surface area contributed by atoms with Crippen molar-refractivity contribution in [3.05, 3.63) is 20.8 Å². The summed E-state index contributed by atoms with van der Waals surface area (Å²) in [6.07, 6.45) is 2.10. The van der Waals surface area contributed by atoms with Crippen LogP contribution in [-0.4, -0.2) is 72.8 Å². The van der Waals surface area contributed by atoms with Gasteiger partial charge in [-0.3, -0.25) is 28.8 Å². The van der Waals surface area contributed by atoms with Gasteiger partial charge in [-0.2, -0.15) is 0 Å². The Hall–Kier alpha value is -2.66. The van der Waals surface area contributed by atoms with Gasteiger partial charge < -0.3 is 20.1 Å². The lowest BCUT2D eigenvalue weighted by molar-refractivity contribution is -0.144. The smallest absolute Gasteiger partial charge is 0.330 e. The first-order valence-corrected chi connectivity index (χ1v) is 11.0. The monoisotopic (exact) mass is 453 g/mol. The van der Waals surface area contributed by atoms with Crippen LogP contribution >= 0.6 is 0 Å². The zero-order valence-corrected chi connectivity index (χ0v) is 19.4. The molecular weight excluding hydrogens is 418 g/mol. The molecule has 11 heteroatoms. The van der Waals surface area contributed by atoms with E-state index in [0.717, 1.165) is 12.8 Å². The number of amides is 1. The minimum Gasteiger partial charge on any atom is -0.465 e. The summed E-state index contributed by atoms with van der Waals surface area (Å²) in [4.78, 5) is 55.5. The van der Waals surface area contributed by atoms with Gasteiger partial charge in [0, 0.05) is 26.7 Å². The van der Waals surface area contributed by atoms with E-state index in [1.165, 1.54) is 16.6 Å². The summed E-state index contributed by atoms with van der Waals surface area (Å²) in [5, 5.41) is 0. The molecule has 1 aromatic rings. The van der Waals surface area contributed by atoms with E-state index in [9.17, 15) is 19.2 Å². The molecule has 1 saturated carbocycles. The average Bonchev–Trinajstić information content (AvgIpc) is 3.51. The number of nitrogens with one attached hydrogen (secondary N) is 1. The number of nitrogens with zero attached hydrogens (tertiary/aromatic N) is 3. The zero-order chi connectivity index (χ0) is 23.8. The van der Waals surface area contributed by atoms with Crippen LogP contribution in [0, 0.1) is 11.8 Å². The molecule has 0 aromatic carbocycles. The van der Waals surface area contributed by atoms with E-state index in [0.29, 0.717) is 12.5 Å². The number of nitrogens with two attached hydrogens (primary N) is 1. The van der Waals surface area contributed by atoms with Crippen molar-refractivity contribution in [2.45, 2.75) is 40.2 Å². The largest absolute Gasteiger partial charge is 0.465 e. The Morgan fingerprint density at radius 2 is 1.94 bits per heavy atom. The molecule has 1 amide bonds. The Morgan fingerprint density at radius 3 is 2.50 bits per heavy atom. The van der Waals surface area contributed by atoms with Crippen LogP contribution in [0.2, 0.25) is 0 Å². The fourth-order valence-electron chi connectivity index (χ4n) is 3.44. The van der Waals surface area contributed by atoms with Gasteiger partial charge in [-0.1, -0.05) is 13.8 Å². The molecule has 0 aliphatic heterocycles. The molecule has 1 fully saturated rings. The third-order valence-electron chi connectivity index (χ3n) is 5.08. The van der Waals surface area contributed by atoms with Crippen molar-refractivity contribution >= 4 is 23.4 Å². The third kappa shape index (κ3) is 7.20. The minimum atomic E-state index is -0.740. The summed E-state index contributed by atoms with van der Waals surface area (Å²) in [5.41, 5.74) is 4.75. The molecule has 0 bridgehead atoms. The normalized spacial score (nSPS) is 13.6. The molecule has 1 aliphatic carbocycles. The summed E-state index contributed by atoms with van der Waals surface area (Å²) in [5.74, 6) is -0.372. The summed E-state index contributed by atoms with van der Waals surface area (Å²) in [6, 6.07) is 0. The summed E-state index contributed by atoms with van der Waals surface area (Å²) in [7, 11) is 1.48. The van der Waals surface area contributed by atoms with Crippen molar-refractivity contribution < 1.29 is 19.1 Å². The van der Waals surface area contributed by atoms with Crippen molar-refractivity contribution in [2.24, 2.45) is 11.8 Å². The molecule has 1 heterocycles. The Bertz CT molecular complexity index is 905. The first kappa shape index (κ1) is 25.6. The van der Waals surface area contributed by atoms with Crippen molar-refractivity contribution in [2.75, 3.05) is 57.1 Å². The highest BCUT2D eigenvalue weighted by molar-refractivity contribution is 5.97. The van der Waals surface area contributed by atoms with Gasteiger partial charge >= 0.3 is 11.7 Å². The number of hydrogen-bond acceptors (Lipinski definition) is 8. The average molecular weight is 454 g/mol. The third-order valence-corrected chi connectivity index (χ3v) is 5.08. The van der Waals surface area contributed by atoms with Crippen molar-refractivity contribution in [1.29, 1.82) is 0 Å². The number of nitrogen functional groups attached to an aromatic ring is 1. The quantitative estimate of drug-likeness (QED) is 0.399. The second kappa shape index (κ2) is 11.8. The minimum absolute atomic E-state index is 0.0209. The number of carbonyl (C=O) groups is 2. The maximum absolute atomic E-state index is 13.3. The van der Waals surface area contributed by atoms with Gasteiger partial charge in [-0.05, 0) is 31.6 Å². The lowest BCUT2D eigenvalue weighted by Gasteiger charge is -2.28. The van der Waals surface area contributed by atoms with Crippen LogP contribution in [0.4, 0.5) is 11.5 Å². The van der Waals surface area contributed by atoms with E-state index in [1.54, 1.807) is 11.8 Å². The van der Waals surface area contributed by atoms with Crippen LogP contribution in [0.5, 0.6) is 0 Å². The van der Waals surface area contributed by atoms with Gasteiger partial charge in [0.1, 0.15) is 5.82 Å². The van der Waals surface area contributed by atoms with E-state index in [-0.39, 0.29) is 56.8 Å². The number of methoxy groups -OCH3 is 1. The van der Waals surface area contributed by atoms with Gasteiger partial charge in [-0.25, -0.2) is 4.79 Å². The standard InChI is InChI=1S/C21H35N5O6/c1-5-32-17(28)13-24(11-15-6-7-15)12-16(27)25(8-9-31-4)18-19(22)26(10-14(2)3)21(30)23-20(18)29/h14-15H,5-13,22H2,1-4H3,(H,23,29,30). The fourth-order valence-corrected chi connectivity index (χ4v) is 3.44. The highest BCUT2D eigenvalue weighted by Gasteiger charge is 2.30. The first-order chi connectivity index (χ1) is 15.2. The van der Waals surface area contributed by atoms with Crippen LogP contribution < -0.4 is 21.9 Å². The number of aromatic amines is 1. The molecule has 180 valence electrons. The first-order valence-electron chi connectivity index (χ1n) is 11.0. The predicted molar refractivity (Wildman–Crippen MR) is 121 cm³/mol. The number of ether oxygens (including phenoxy) is 2. The van der Waals surface area contributed by atoms with E-state index in [2.05, 4.69) is 4.98 Å². The number of esters is 1. The van der Waals surface area contributed by atoms with E-state index >= 15 is 0 Å². The molecule has 0 unspecified atom stereocenters. The Kier molecular flexibility index (Phi) is 9.45. The van der Waals surface area contributed by atoms with Gasteiger partial charge in [0.25, 0.3) is 5.56 Å². The lowest BCUT2D eigenvalue weighted by Crippen LogP contribution is -2.47.